The van der Waals surface area contributed by atoms with Crippen LogP contribution < -0.4 is 0 Å². The van der Waals surface area contributed by atoms with Crippen molar-refractivity contribution in [3.8, 4) is 0 Å². The molecule has 1 aromatic rings. The van der Waals surface area contributed by atoms with Gasteiger partial charge in [-0.05, 0) is 0 Å². The molecular weight excluding hydrogens is 200 g/mol. The van der Waals surface area contributed by atoms with Crippen molar-refractivity contribution >= 4 is 4.87 Å². The molecule has 0 N–H and O–H groups in total. The van der Waals surface area contributed by atoms with Crippen LogP contribution in [-0.4, -0.2) is 4.87 Å². The molecule has 0 heterocycles. The summed E-state index contributed by atoms with van der Waals surface area (Å²) in [4.78, 5) is 9.79. The van der Waals surface area contributed by atoms with E-state index in [0.29, 0.717) is 6.61 Å². The summed E-state index contributed by atoms with van der Waals surface area (Å²) < 4.78 is 4.68. The first-order valence-corrected chi connectivity index (χ1v) is 3.69. The number of carbonyl (C=O) groups is 1. The van der Waals surface area contributed by atoms with Crippen LogP contribution in [0.3, 0.4) is 0 Å². The molecule has 12 heavy (non-hydrogen) atoms. The van der Waals surface area contributed by atoms with Crippen molar-refractivity contribution in [1.29, 1.82) is 0 Å². The van der Waals surface area contributed by atoms with Gasteiger partial charge in [0.25, 0.3) is 0 Å². The Morgan fingerprint density at radius 1 is 1.33 bits per heavy atom. The predicted molar refractivity (Wildman–Crippen MR) is 37.3 cm³/mol. The second-order valence-electron chi connectivity index (χ2n) is 2.00. The minimum absolute atomic E-state index is 0. The Bertz CT molecular complexity index is 235. The summed E-state index contributed by atoms with van der Waals surface area (Å²) in [6.07, 6.45) is 0. The van der Waals surface area contributed by atoms with Gasteiger partial charge in [0, 0.05) is 0 Å². The van der Waals surface area contributed by atoms with Crippen LogP contribution in [0.15, 0.2) is 30.3 Å². The molecule has 0 unspecified atom stereocenters. The molecule has 3 nitrogen and oxygen atoms in total. The minimum Gasteiger partial charge on any atom is -2.00 e. The molecule has 4 heteroatoms. The third-order valence-corrected chi connectivity index (χ3v) is 1.35. The average molecular weight is 207 g/mol. The molecule has 0 atom stereocenters. The molecule has 0 aliphatic heterocycles. The molecule has 0 aliphatic rings. The summed E-state index contributed by atoms with van der Waals surface area (Å²) in [6, 6.07) is 9.49. The molecule has 0 spiro atoms. The first kappa shape index (κ1) is 11.2. The van der Waals surface area contributed by atoms with Gasteiger partial charge in [0.05, 0.1) is 0 Å². The molecule has 0 aromatic heterocycles. The fraction of sp³-hybridized carbons (Fsp3) is 0.125. The van der Waals surface area contributed by atoms with Gasteiger partial charge < -0.3 is 5.48 Å². The van der Waals surface area contributed by atoms with Crippen molar-refractivity contribution in [2.45, 2.75) is 6.61 Å². The van der Waals surface area contributed by atoms with Gasteiger partial charge in [0.2, 0.25) is 0 Å². The Labute approximate surface area is 78.9 Å². The third-order valence-electron chi connectivity index (χ3n) is 1.19. The molecule has 1 rings (SSSR count). The van der Waals surface area contributed by atoms with Crippen molar-refractivity contribution in [3.05, 3.63) is 35.9 Å². The Kier molecular flexibility index (Phi) is 5.37. The Morgan fingerprint density at radius 2 is 1.92 bits per heavy atom. The van der Waals surface area contributed by atoms with Gasteiger partial charge in [-0.3, -0.25) is 0 Å². The van der Waals surface area contributed by atoms with Gasteiger partial charge in [-0.15, -0.1) is 0 Å². The molecule has 0 radical (unpaired) electrons. The van der Waals surface area contributed by atoms with Crippen LogP contribution in [0.4, 0.5) is 4.79 Å². The molecule has 0 bridgehead atoms. The number of hydrogen-bond acceptors (Lipinski definition) is 2. The predicted octanol–water partition coefficient (Wildman–Crippen LogP) is 1.75. The molecule has 0 aliphatic carbocycles. The number of hydrogen-bond donors (Lipinski definition) is 0. The van der Waals surface area contributed by atoms with Gasteiger partial charge in [-0.2, -0.15) is 0 Å². The van der Waals surface area contributed by atoms with E-state index in [9.17, 15) is 4.79 Å². The summed E-state index contributed by atoms with van der Waals surface area (Å²) >= 11 is 3.09. The molecule has 0 amide bonds. The third kappa shape index (κ3) is 4.13. The summed E-state index contributed by atoms with van der Waals surface area (Å²) in [5.74, 6) is 0. The molecular formula is C8H7FeO3. The maximum absolute atomic E-state index is 10.3. The van der Waals surface area contributed by atoms with E-state index in [1.165, 1.54) is 0 Å². The fourth-order valence-corrected chi connectivity index (χ4v) is 0.792. The van der Waals surface area contributed by atoms with Crippen LogP contribution in [0.2, 0.25) is 0 Å². The Morgan fingerprint density at radius 3 is 2.42 bits per heavy atom. The van der Waals surface area contributed by atoms with Crippen LogP contribution in [-0.2, 0) is 32.8 Å². The van der Waals surface area contributed by atoms with E-state index >= 15 is 0 Å². The number of rotatable bonds is 2. The van der Waals surface area contributed by atoms with Crippen molar-refractivity contribution in [2.75, 3.05) is 0 Å². The van der Waals surface area contributed by atoms with E-state index in [-0.39, 0.29) is 5.48 Å². The topological polar surface area (TPSA) is 54.8 Å². The van der Waals surface area contributed by atoms with Crippen LogP contribution in [0.5, 0.6) is 0 Å². The van der Waals surface area contributed by atoms with Crippen LogP contribution in [0.25, 0.3) is 0 Å². The zero-order chi connectivity index (χ0) is 8.10. The van der Waals surface area contributed by atoms with Gasteiger partial charge >= 0.3 is 72.9 Å². The minimum atomic E-state index is -0.492. The molecule has 65 valence electrons. The maximum atomic E-state index is 10.3. The van der Waals surface area contributed by atoms with E-state index < -0.39 is 4.87 Å². The van der Waals surface area contributed by atoms with Gasteiger partial charge in [-0.25, -0.2) is 0 Å². The molecule has 0 fully saturated rings. The largest absolute Gasteiger partial charge is 2.00 e. The number of ether oxygens (including phenoxy) is 1. The van der Waals surface area contributed by atoms with Crippen LogP contribution >= 0.6 is 0 Å². The van der Waals surface area contributed by atoms with E-state index in [2.05, 4.69) is 20.7 Å². The molecule has 1 aromatic carbocycles. The second kappa shape index (κ2) is 5.77. The van der Waals surface area contributed by atoms with E-state index in [0.717, 1.165) is 5.56 Å². The average Bonchev–Trinajstić information content (AvgIpc) is 2.03. The monoisotopic (exact) mass is 207 g/mol. The smallest absolute Gasteiger partial charge is 2.00 e. The van der Waals surface area contributed by atoms with E-state index in [1.807, 2.05) is 30.3 Å². The van der Waals surface area contributed by atoms with Crippen molar-refractivity contribution in [1.82, 2.24) is 0 Å². The summed E-state index contributed by atoms with van der Waals surface area (Å²) in [5.41, 5.74) is 0.976. The van der Waals surface area contributed by atoms with Crippen LogP contribution in [0.1, 0.15) is 5.56 Å². The normalized spacial score (nSPS) is 8.33. The first-order chi connectivity index (χ1) is 5.29. The Balaban J connectivity index is 0.00000121. The SMILES string of the molecule is O=[C]([Fe+2])OCc1ccccc1.[O-2]. The van der Waals surface area contributed by atoms with Gasteiger partial charge in [0.15, 0.2) is 0 Å². The van der Waals surface area contributed by atoms with E-state index in [4.69, 9.17) is 0 Å². The van der Waals surface area contributed by atoms with E-state index in [1.54, 1.807) is 0 Å². The zero-order valence-corrected chi connectivity index (χ0v) is 7.28. The van der Waals surface area contributed by atoms with Crippen molar-refractivity contribution < 1.29 is 31.0 Å². The number of carbonyl (C=O) groups excluding carboxylic acids is 1. The zero-order valence-electron chi connectivity index (χ0n) is 6.17. The molecule has 0 saturated heterocycles. The Hall–Kier alpha value is -0.831. The van der Waals surface area contributed by atoms with Gasteiger partial charge in [-0.1, -0.05) is 0 Å². The fourth-order valence-electron chi connectivity index (χ4n) is 0.713. The van der Waals surface area contributed by atoms with Crippen molar-refractivity contribution in [3.63, 3.8) is 0 Å². The van der Waals surface area contributed by atoms with Crippen molar-refractivity contribution in [2.24, 2.45) is 0 Å². The maximum Gasteiger partial charge on any atom is -2.00 e. The summed E-state index contributed by atoms with van der Waals surface area (Å²) in [5, 5.41) is 0. The quantitative estimate of drug-likeness (QED) is 0.693. The summed E-state index contributed by atoms with van der Waals surface area (Å²) in [7, 11) is 0. The first-order valence-electron chi connectivity index (χ1n) is 3.14. The summed E-state index contributed by atoms with van der Waals surface area (Å²) in [6.45, 7) is 0.309. The molecule has 0 saturated carbocycles. The second-order valence-corrected chi connectivity index (χ2v) is 2.45. The van der Waals surface area contributed by atoms with Crippen LogP contribution in [0, 0.1) is 0 Å². The van der Waals surface area contributed by atoms with Gasteiger partial charge in [0.1, 0.15) is 0 Å². The standard InChI is InChI=1S/C8H7O2.Fe.O/c9-7-10-6-8-4-2-1-3-5-8;;/h1-5H,6H2;;/q;+2;-2. The number of benzene rings is 1.